The Morgan fingerprint density at radius 1 is 1.44 bits per heavy atom. The standard InChI is InChI=1S/C11H16N2O3/c1-6-3-4-8(16-2)7(5-6)9(12)10(13)11(14)15/h3-5,9-10H,12-13H2,1-2H3,(H,14,15). The Bertz CT molecular complexity index is 393. The number of hydrogen-bond donors (Lipinski definition) is 3. The Hall–Kier alpha value is -1.59. The Labute approximate surface area is 94.0 Å². The van der Waals surface area contributed by atoms with Crippen LogP contribution in [0.2, 0.25) is 0 Å². The number of carbonyl (C=O) groups is 1. The minimum atomic E-state index is -1.14. The monoisotopic (exact) mass is 224 g/mol. The third-order valence-electron chi connectivity index (χ3n) is 2.42. The minimum Gasteiger partial charge on any atom is -0.496 e. The van der Waals surface area contributed by atoms with Gasteiger partial charge in [0, 0.05) is 5.56 Å². The molecule has 5 nitrogen and oxygen atoms in total. The number of ether oxygens (including phenoxy) is 1. The van der Waals surface area contributed by atoms with Gasteiger partial charge in [-0.2, -0.15) is 0 Å². The molecule has 2 unspecified atom stereocenters. The summed E-state index contributed by atoms with van der Waals surface area (Å²) in [6.07, 6.45) is 0. The predicted octanol–water partition coefficient (Wildman–Crippen LogP) is 0.415. The summed E-state index contributed by atoms with van der Waals surface area (Å²) in [7, 11) is 1.51. The zero-order chi connectivity index (χ0) is 12.3. The van der Waals surface area contributed by atoms with Crippen LogP contribution in [0.25, 0.3) is 0 Å². The van der Waals surface area contributed by atoms with Gasteiger partial charge in [0.05, 0.1) is 13.2 Å². The third kappa shape index (κ3) is 2.50. The Kier molecular flexibility index (Phi) is 3.87. The highest BCUT2D eigenvalue weighted by Crippen LogP contribution is 2.26. The van der Waals surface area contributed by atoms with Crippen molar-refractivity contribution in [2.45, 2.75) is 19.0 Å². The van der Waals surface area contributed by atoms with Gasteiger partial charge in [-0.05, 0) is 13.0 Å². The minimum absolute atomic E-state index is 0.551. The average Bonchev–Trinajstić information content (AvgIpc) is 2.26. The van der Waals surface area contributed by atoms with Crippen LogP contribution in [0.4, 0.5) is 0 Å². The number of nitrogens with two attached hydrogens (primary N) is 2. The lowest BCUT2D eigenvalue weighted by Gasteiger charge is -2.19. The smallest absolute Gasteiger partial charge is 0.322 e. The molecule has 2 atom stereocenters. The summed E-state index contributed by atoms with van der Waals surface area (Å²) in [5.74, 6) is -0.578. The lowest BCUT2D eigenvalue weighted by Crippen LogP contribution is -2.41. The first kappa shape index (κ1) is 12.5. The highest BCUT2D eigenvalue weighted by atomic mass is 16.5. The van der Waals surface area contributed by atoms with Crippen LogP contribution in [0.15, 0.2) is 18.2 Å². The van der Waals surface area contributed by atoms with Gasteiger partial charge in [0.2, 0.25) is 0 Å². The fourth-order valence-corrected chi connectivity index (χ4v) is 1.46. The molecule has 0 bridgehead atoms. The first-order chi connectivity index (χ1) is 7.47. The molecule has 0 heterocycles. The molecular weight excluding hydrogens is 208 g/mol. The van der Waals surface area contributed by atoms with Gasteiger partial charge in [0.15, 0.2) is 0 Å². The maximum absolute atomic E-state index is 10.8. The van der Waals surface area contributed by atoms with Crippen molar-refractivity contribution in [1.29, 1.82) is 0 Å². The van der Waals surface area contributed by atoms with E-state index in [0.717, 1.165) is 5.56 Å². The molecule has 5 N–H and O–H groups in total. The molecule has 16 heavy (non-hydrogen) atoms. The molecule has 5 heteroatoms. The van der Waals surface area contributed by atoms with Gasteiger partial charge in [-0.3, -0.25) is 4.79 Å². The van der Waals surface area contributed by atoms with Crippen molar-refractivity contribution >= 4 is 5.97 Å². The lowest BCUT2D eigenvalue weighted by atomic mass is 9.98. The Morgan fingerprint density at radius 2 is 2.06 bits per heavy atom. The molecule has 0 amide bonds. The highest BCUT2D eigenvalue weighted by molar-refractivity contribution is 5.74. The van der Waals surface area contributed by atoms with E-state index in [2.05, 4.69) is 0 Å². The molecule has 88 valence electrons. The van der Waals surface area contributed by atoms with Gasteiger partial charge in [-0.25, -0.2) is 0 Å². The average molecular weight is 224 g/mol. The normalized spacial score (nSPS) is 14.2. The fourth-order valence-electron chi connectivity index (χ4n) is 1.46. The Balaban J connectivity index is 3.10. The molecule has 0 aliphatic rings. The van der Waals surface area contributed by atoms with E-state index >= 15 is 0 Å². The maximum atomic E-state index is 10.8. The van der Waals surface area contributed by atoms with Gasteiger partial charge >= 0.3 is 5.97 Å². The summed E-state index contributed by atoms with van der Waals surface area (Å²) in [6.45, 7) is 1.89. The van der Waals surface area contributed by atoms with Crippen molar-refractivity contribution < 1.29 is 14.6 Å². The van der Waals surface area contributed by atoms with E-state index in [1.165, 1.54) is 7.11 Å². The molecular formula is C11H16N2O3. The van der Waals surface area contributed by atoms with Crippen LogP contribution in [-0.2, 0) is 4.79 Å². The highest BCUT2D eigenvalue weighted by Gasteiger charge is 2.24. The SMILES string of the molecule is COc1ccc(C)cc1C(N)C(N)C(=O)O. The zero-order valence-corrected chi connectivity index (χ0v) is 9.31. The number of carboxylic acids is 1. The van der Waals surface area contributed by atoms with Crippen LogP contribution in [0.1, 0.15) is 17.2 Å². The van der Waals surface area contributed by atoms with Crippen molar-refractivity contribution in [2.24, 2.45) is 11.5 Å². The van der Waals surface area contributed by atoms with Crippen LogP contribution < -0.4 is 16.2 Å². The van der Waals surface area contributed by atoms with E-state index < -0.39 is 18.1 Å². The van der Waals surface area contributed by atoms with Gasteiger partial charge < -0.3 is 21.3 Å². The van der Waals surface area contributed by atoms with E-state index in [1.54, 1.807) is 12.1 Å². The molecule has 0 spiro atoms. The van der Waals surface area contributed by atoms with Crippen LogP contribution >= 0.6 is 0 Å². The molecule has 0 saturated heterocycles. The zero-order valence-electron chi connectivity index (χ0n) is 9.31. The van der Waals surface area contributed by atoms with E-state index in [1.807, 2.05) is 13.0 Å². The number of benzene rings is 1. The summed E-state index contributed by atoms with van der Waals surface area (Å²) in [5, 5.41) is 8.80. The number of hydrogen-bond acceptors (Lipinski definition) is 4. The van der Waals surface area contributed by atoms with Gasteiger partial charge in [-0.1, -0.05) is 17.7 Å². The van der Waals surface area contributed by atoms with Crippen LogP contribution in [0.3, 0.4) is 0 Å². The second-order valence-electron chi connectivity index (χ2n) is 3.64. The molecule has 0 saturated carbocycles. The first-order valence-corrected chi connectivity index (χ1v) is 4.86. The van der Waals surface area contributed by atoms with Crippen molar-refractivity contribution in [3.8, 4) is 5.75 Å². The summed E-state index contributed by atoms with van der Waals surface area (Å²) < 4.78 is 5.12. The predicted molar refractivity (Wildman–Crippen MR) is 60.3 cm³/mol. The number of rotatable bonds is 4. The van der Waals surface area contributed by atoms with Crippen LogP contribution in [0.5, 0.6) is 5.75 Å². The van der Waals surface area contributed by atoms with Crippen LogP contribution in [-0.4, -0.2) is 24.2 Å². The number of aryl methyl sites for hydroxylation is 1. The molecule has 0 fully saturated rings. The summed E-state index contributed by atoms with van der Waals surface area (Å²) in [4.78, 5) is 10.8. The maximum Gasteiger partial charge on any atom is 0.322 e. The Morgan fingerprint density at radius 3 is 2.56 bits per heavy atom. The van der Waals surface area contributed by atoms with E-state index in [-0.39, 0.29) is 0 Å². The lowest BCUT2D eigenvalue weighted by molar-refractivity contribution is -0.139. The van der Waals surface area contributed by atoms with E-state index in [0.29, 0.717) is 11.3 Å². The van der Waals surface area contributed by atoms with Gasteiger partial charge in [0.1, 0.15) is 11.8 Å². The molecule has 1 aromatic carbocycles. The van der Waals surface area contributed by atoms with Gasteiger partial charge in [-0.15, -0.1) is 0 Å². The van der Waals surface area contributed by atoms with Crippen molar-refractivity contribution in [1.82, 2.24) is 0 Å². The molecule has 1 rings (SSSR count). The topological polar surface area (TPSA) is 98.6 Å². The summed E-state index contributed by atoms with van der Waals surface area (Å²) in [5.41, 5.74) is 12.9. The summed E-state index contributed by atoms with van der Waals surface area (Å²) in [6, 6.07) is 3.47. The number of aliphatic carboxylic acids is 1. The largest absolute Gasteiger partial charge is 0.496 e. The fraction of sp³-hybridized carbons (Fsp3) is 0.364. The van der Waals surface area contributed by atoms with E-state index in [9.17, 15) is 4.79 Å². The molecule has 0 radical (unpaired) electrons. The van der Waals surface area contributed by atoms with Gasteiger partial charge in [0.25, 0.3) is 0 Å². The second-order valence-corrected chi connectivity index (χ2v) is 3.64. The van der Waals surface area contributed by atoms with E-state index in [4.69, 9.17) is 21.3 Å². The first-order valence-electron chi connectivity index (χ1n) is 4.86. The second kappa shape index (κ2) is 4.96. The van der Waals surface area contributed by atoms with Crippen molar-refractivity contribution in [3.63, 3.8) is 0 Å². The number of carboxylic acid groups (broad SMARTS) is 1. The third-order valence-corrected chi connectivity index (χ3v) is 2.42. The number of methoxy groups -OCH3 is 1. The summed E-state index contributed by atoms with van der Waals surface area (Å²) >= 11 is 0. The molecule has 0 aliphatic carbocycles. The van der Waals surface area contributed by atoms with Crippen molar-refractivity contribution in [3.05, 3.63) is 29.3 Å². The van der Waals surface area contributed by atoms with Crippen molar-refractivity contribution in [2.75, 3.05) is 7.11 Å². The molecule has 1 aromatic rings. The molecule has 0 aliphatic heterocycles. The molecule has 0 aromatic heterocycles. The van der Waals surface area contributed by atoms with Crippen LogP contribution in [0, 0.1) is 6.92 Å². The quantitative estimate of drug-likeness (QED) is 0.688.